The number of anilines is 1. The molecule has 1 heterocycles. The number of aromatic nitrogens is 2. The summed E-state index contributed by atoms with van der Waals surface area (Å²) in [4.78, 5) is 31.8. The monoisotopic (exact) mass is 331 g/mol. The standard InChI is InChI=1S/C16H17N3O3S/c1-9-7-10(2)18-16(17-9)23-11(3)14(20)19-13-6-4-5-12(8-13)15(21)22/h4-8,11H,1-3H3,(H,19,20)(H,21,22). The van der Waals surface area contributed by atoms with E-state index in [2.05, 4.69) is 15.3 Å². The molecular weight excluding hydrogens is 314 g/mol. The summed E-state index contributed by atoms with van der Waals surface area (Å²) in [5.41, 5.74) is 2.27. The van der Waals surface area contributed by atoms with Gasteiger partial charge in [0.1, 0.15) is 0 Å². The lowest BCUT2D eigenvalue weighted by molar-refractivity contribution is -0.115. The van der Waals surface area contributed by atoms with E-state index in [0.717, 1.165) is 11.4 Å². The van der Waals surface area contributed by atoms with Gasteiger partial charge in [0.15, 0.2) is 5.16 Å². The first-order valence-electron chi connectivity index (χ1n) is 6.98. The van der Waals surface area contributed by atoms with Crippen molar-refractivity contribution < 1.29 is 14.7 Å². The maximum absolute atomic E-state index is 12.2. The van der Waals surface area contributed by atoms with Crippen LogP contribution in [0.2, 0.25) is 0 Å². The smallest absolute Gasteiger partial charge is 0.335 e. The summed E-state index contributed by atoms with van der Waals surface area (Å²) in [5, 5.41) is 11.8. The van der Waals surface area contributed by atoms with Crippen molar-refractivity contribution >= 4 is 29.3 Å². The topological polar surface area (TPSA) is 92.2 Å². The van der Waals surface area contributed by atoms with Gasteiger partial charge >= 0.3 is 5.97 Å². The molecule has 1 aromatic heterocycles. The molecule has 0 saturated heterocycles. The summed E-state index contributed by atoms with van der Waals surface area (Å²) in [6, 6.07) is 8.00. The van der Waals surface area contributed by atoms with E-state index in [-0.39, 0.29) is 11.5 Å². The van der Waals surface area contributed by atoms with Crippen molar-refractivity contribution in [1.29, 1.82) is 0 Å². The Morgan fingerprint density at radius 1 is 1.17 bits per heavy atom. The number of aromatic carboxylic acids is 1. The number of nitrogens with one attached hydrogen (secondary N) is 1. The Labute approximate surface area is 138 Å². The van der Waals surface area contributed by atoms with E-state index in [4.69, 9.17) is 5.11 Å². The van der Waals surface area contributed by atoms with Crippen LogP contribution < -0.4 is 5.32 Å². The summed E-state index contributed by atoms with van der Waals surface area (Å²) >= 11 is 1.26. The van der Waals surface area contributed by atoms with Gasteiger partial charge < -0.3 is 10.4 Å². The molecule has 2 rings (SSSR count). The maximum atomic E-state index is 12.2. The lowest BCUT2D eigenvalue weighted by Crippen LogP contribution is -2.23. The van der Waals surface area contributed by atoms with Crippen LogP contribution in [-0.2, 0) is 4.79 Å². The molecule has 6 nitrogen and oxygen atoms in total. The highest BCUT2D eigenvalue weighted by Gasteiger charge is 2.17. The number of hydrogen-bond donors (Lipinski definition) is 2. The van der Waals surface area contributed by atoms with Gasteiger partial charge in [-0.25, -0.2) is 14.8 Å². The Balaban J connectivity index is 2.05. The van der Waals surface area contributed by atoms with Crippen LogP contribution in [0, 0.1) is 13.8 Å². The molecule has 1 amide bonds. The molecule has 2 aromatic rings. The Hall–Kier alpha value is -2.41. The van der Waals surface area contributed by atoms with Crippen LogP contribution in [0.1, 0.15) is 28.7 Å². The first-order chi connectivity index (χ1) is 10.8. The van der Waals surface area contributed by atoms with Gasteiger partial charge in [-0.2, -0.15) is 0 Å². The molecule has 0 radical (unpaired) electrons. The average Bonchev–Trinajstić information content (AvgIpc) is 2.46. The van der Waals surface area contributed by atoms with Gasteiger partial charge in [-0.15, -0.1) is 0 Å². The first kappa shape index (κ1) is 17.0. The molecule has 0 aliphatic carbocycles. The fourth-order valence-electron chi connectivity index (χ4n) is 1.93. The zero-order valence-corrected chi connectivity index (χ0v) is 13.8. The van der Waals surface area contributed by atoms with E-state index in [1.165, 1.54) is 23.9 Å². The third-order valence-electron chi connectivity index (χ3n) is 2.99. The zero-order chi connectivity index (χ0) is 17.0. The van der Waals surface area contributed by atoms with Gasteiger partial charge in [0.25, 0.3) is 0 Å². The number of carboxylic acid groups (broad SMARTS) is 1. The molecule has 7 heteroatoms. The van der Waals surface area contributed by atoms with Crippen molar-refractivity contribution in [3.63, 3.8) is 0 Å². The SMILES string of the molecule is Cc1cc(C)nc(SC(C)C(=O)Nc2cccc(C(=O)O)c2)n1. The van der Waals surface area contributed by atoms with E-state index in [0.29, 0.717) is 10.8 Å². The van der Waals surface area contributed by atoms with Crippen LogP contribution in [0.4, 0.5) is 5.69 Å². The Bertz CT molecular complexity index is 729. The molecule has 0 fully saturated rings. The van der Waals surface area contributed by atoms with E-state index < -0.39 is 11.2 Å². The van der Waals surface area contributed by atoms with Gasteiger partial charge in [-0.3, -0.25) is 4.79 Å². The number of hydrogen-bond acceptors (Lipinski definition) is 5. The number of rotatable bonds is 5. The second kappa shape index (κ2) is 7.23. The van der Waals surface area contributed by atoms with E-state index in [1.807, 2.05) is 19.9 Å². The molecule has 1 aromatic carbocycles. The van der Waals surface area contributed by atoms with Crippen LogP contribution in [0.15, 0.2) is 35.5 Å². The highest BCUT2D eigenvalue weighted by Crippen LogP contribution is 2.21. The van der Waals surface area contributed by atoms with E-state index in [1.54, 1.807) is 19.1 Å². The molecule has 0 aliphatic heterocycles. The fraction of sp³-hybridized carbons (Fsp3) is 0.250. The lowest BCUT2D eigenvalue weighted by atomic mass is 10.2. The van der Waals surface area contributed by atoms with Crippen LogP contribution in [0.5, 0.6) is 0 Å². The molecule has 0 spiro atoms. The minimum atomic E-state index is -1.04. The minimum Gasteiger partial charge on any atom is -0.478 e. The van der Waals surface area contributed by atoms with Crippen LogP contribution in [-0.4, -0.2) is 32.2 Å². The molecule has 2 N–H and O–H groups in total. The zero-order valence-electron chi connectivity index (χ0n) is 13.0. The summed E-state index contributed by atoms with van der Waals surface area (Å²) in [5.74, 6) is -1.27. The van der Waals surface area contributed by atoms with Crippen molar-refractivity contribution in [2.24, 2.45) is 0 Å². The quantitative estimate of drug-likeness (QED) is 0.646. The number of aryl methyl sites for hydroxylation is 2. The second-order valence-electron chi connectivity index (χ2n) is 5.07. The summed E-state index contributed by atoms with van der Waals surface area (Å²) < 4.78 is 0. The van der Waals surface area contributed by atoms with E-state index in [9.17, 15) is 9.59 Å². The third-order valence-corrected chi connectivity index (χ3v) is 3.95. The van der Waals surface area contributed by atoms with Gasteiger partial charge in [0.2, 0.25) is 5.91 Å². The van der Waals surface area contributed by atoms with E-state index >= 15 is 0 Å². The number of carboxylic acids is 1. The van der Waals surface area contributed by atoms with Gasteiger partial charge in [-0.1, -0.05) is 17.8 Å². The third kappa shape index (κ3) is 4.79. The summed E-state index contributed by atoms with van der Waals surface area (Å²) in [6.45, 7) is 5.50. The number of carbonyl (C=O) groups excluding carboxylic acids is 1. The molecule has 120 valence electrons. The molecular formula is C16H17N3O3S. The highest BCUT2D eigenvalue weighted by molar-refractivity contribution is 8.00. The summed E-state index contributed by atoms with van der Waals surface area (Å²) in [7, 11) is 0. The summed E-state index contributed by atoms with van der Waals surface area (Å²) in [6.07, 6.45) is 0. The first-order valence-corrected chi connectivity index (χ1v) is 7.86. The largest absolute Gasteiger partial charge is 0.478 e. The van der Waals surface area contributed by atoms with Gasteiger partial charge in [0.05, 0.1) is 10.8 Å². The maximum Gasteiger partial charge on any atom is 0.335 e. The van der Waals surface area contributed by atoms with Crippen LogP contribution in [0.25, 0.3) is 0 Å². The van der Waals surface area contributed by atoms with Crippen molar-refractivity contribution in [1.82, 2.24) is 9.97 Å². The molecule has 1 unspecified atom stereocenters. The Morgan fingerprint density at radius 2 is 1.83 bits per heavy atom. The molecule has 23 heavy (non-hydrogen) atoms. The number of benzene rings is 1. The average molecular weight is 331 g/mol. The molecule has 1 atom stereocenters. The van der Waals surface area contributed by atoms with Crippen molar-refractivity contribution in [2.45, 2.75) is 31.2 Å². The molecule has 0 aliphatic rings. The van der Waals surface area contributed by atoms with Gasteiger partial charge in [0, 0.05) is 17.1 Å². The number of carbonyl (C=O) groups is 2. The molecule has 0 saturated carbocycles. The van der Waals surface area contributed by atoms with Crippen molar-refractivity contribution in [3.8, 4) is 0 Å². The minimum absolute atomic E-state index is 0.126. The number of amides is 1. The van der Waals surface area contributed by atoms with Gasteiger partial charge in [-0.05, 0) is 45.0 Å². The normalized spacial score (nSPS) is 11.8. The molecule has 0 bridgehead atoms. The predicted octanol–water partition coefficient (Wildman–Crippen LogP) is 2.91. The highest BCUT2D eigenvalue weighted by atomic mass is 32.2. The number of nitrogens with zero attached hydrogens (tertiary/aromatic N) is 2. The van der Waals surface area contributed by atoms with Crippen molar-refractivity contribution in [2.75, 3.05) is 5.32 Å². The Kier molecular flexibility index (Phi) is 5.33. The van der Waals surface area contributed by atoms with Crippen LogP contribution in [0.3, 0.4) is 0 Å². The predicted molar refractivity (Wildman–Crippen MR) is 88.9 cm³/mol. The van der Waals surface area contributed by atoms with Crippen molar-refractivity contribution in [3.05, 3.63) is 47.3 Å². The van der Waals surface area contributed by atoms with Crippen LogP contribution >= 0.6 is 11.8 Å². The fourth-order valence-corrected chi connectivity index (χ4v) is 2.81. The number of thioether (sulfide) groups is 1. The lowest BCUT2D eigenvalue weighted by Gasteiger charge is -2.12. The Morgan fingerprint density at radius 3 is 2.43 bits per heavy atom. The second-order valence-corrected chi connectivity index (χ2v) is 6.38.